The van der Waals surface area contributed by atoms with Crippen molar-refractivity contribution < 1.29 is 16.7 Å². The summed E-state index contributed by atoms with van der Waals surface area (Å²) in [6.45, 7) is 0. The van der Waals surface area contributed by atoms with E-state index in [1.54, 1.807) is 0 Å². The molecular formula is C6H5F2NO2S. The highest BCUT2D eigenvalue weighted by Gasteiger charge is 2.17. The van der Waals surface area contributed by atoms with Crippen LogP contribution >= 0.6 is 0 Å². The molecule has 0 aromatic heterocycles. The Morgan fingerprint density at radius 1 is 1.33 bits per heavy atom. The predicted molar refractivity (Wildman–Crippen MR) is 39.1 cm³/mol. The lowest BCUT2D eigenvalue weighted by atomic mass is 10.3. The third-order valence-electron chi connectivity index (χ3n) is 1.22. The first-order valence-electron chi connectivity index (χ1n) is 2.91. The molecule has 3 nitrogen and oxygen atoms in total. The Balaban J connectivity index is 3.39. The van der Waals surface area contributed by atoms with E-state index in [9.17, 15) is 16.7 Å². The number of hydrogen-bond donors (Lipinski definition) is 1. The maximum absolute atomic E-state index is 12.6. The fourth-order valence-corrected chi connectivity index (χ4v) is 1.24. The standard InChI is InChI=1S/C6H5F2NO2S/c7-5-3-4(9)1-2-6(5)12(8,10)11/h1-3H,9H2. The van der Waals surface area contributed by atoms with E-state index < -0.39 is 20.9 Å². The number of anilines is 1. The topological polar surface area (TPSA) is 60.2 Å². The molecule has 0 bridgehead atoms. The van der Waals surface area contributed by atoms with Crippen molar-refractivity contribution in [1.82, 2.24) is 0 Å². The van der Waals surface area contributed by atoms with Crippen LogP contribution in [0.2, 0.25) is 0 Å². The van der Waals surface area contributed by atoms with Gasteiger partial charge in [-0.3, -0.25) is 0 Å². The van der Waals surface area contributed by atoms with Gasteiger partial charge in [-0.1, -0.05) is 0 Å². The monoisotopic (exact) mass is 193 g/mol. The Kier molecular flexibility index (Phi) is 2.01. The molecule has 1 rings (SSSR count). The molecule has 0 atom stereocenters. The fraction of sp³-hybridized carbons (Fsp3) is 0. The molecule has 6 heteroatoms. The quantitative estimate of drug-likeness (QED) is 0.536. The third-order valence-corrected chi connectivity index (χ3v) is 2.08. The van der Waals surface area contributed by atoms with E-state index in [-0.39, 0.29) is 5.69 Å². The van der Waals surface area contributed by atoms with E-state index in [0.717, 1.165) is 18.2 Å². The SMILES string of the molecule is Nc1ccc(S(=O)(=O)F)c(F)c1. The smallest absolute Gasteiger partial charge is 0.335 e. The van der Waals surface area contributed by atoms with Gasteiger partial charge in [-0.2, -0.15) is 8.42 Å². The molecule has 1 aromatic carbocycles. The predicted octanol–water partition coefficient (Wildman–Crippen LogP) is 1.07. The highest BCUT2D eigenvalue weighted by atomic mass is 32.3. The highest BCUT2D eigenvalue weighted by molar-refractivity contribution is 7.86. The van der Waals surface area contributed by atoms with Gasteiger partial charge >= 0.3 is 10.2 Å². The molecule has 0 aliphatic rings. The Bertz CT molecular complexity index is 402. The van der Waals surface area contributed by atoms with Gasteiger partial charge in [0.25, 0.3) is 0 Å². The van der Waals surface area contributed by atoms with Crippen molar-refractivity contribution in [2.75, 3.05) is 5.73 Å². The first-order chi connectivity index (χ1) is 5.41. The van der Waals surface area contributed by atoms with Crippen LogP contribution in [0.1, 0.15) is 0 Å². The zero-order valence-electron chi connectivity index (χ0n) is 5.79. The zero-order chi connectivity index (χ0) is 9.35. The second-order valence-electron chi connectivity index (χ2n) is 2.13. The molecule has 0 aliphatic heterocycles. The van der Waals surface area contributed by atoms with Crippen molar-refractivity contribution >= 4 is 15.9 Å². The van der Waals surface area contributed by atoms with Crippen molar-refractivity contribution in [3.63, 3.8) is 0 Å². The molecule has 0 heterocycles. The van der Waals surface area contributed by atoms with Gasteiger partial charge in [-0.05, 0) is 18.2 Å². The lowest BCUT2D eigenvalue weighted by molar-refractivity contribution is 0.534. The van der Waals surface area contributed by atoms with Crippen LogP contribution in [0.25, 0.3) is 0 Å². The van der Waals surface area contributed by atoms with Gasteiger partial charge in [0.05, 0.1) is 0 Å². The Morgan fingerprint density at radius 3 is 2.33 bits per heavy atom. The summed E-state index contributed by atoms with van der Waals surface area (Å²) in [4.78, 5) is -0.989. The fourth-order valence-electron chi connectivity index (χ4n) is 0.715. The molecule has 0 spiro atoms. The van der Waals surface area contributed by atoms with Crippen LogP contribution in [0.5, 0.6) is 0 Å². The van der Waals surface area contributed by atoms with Crippen LogP contribution in [0.4, 0.5) is 14.0 Å². The van der Waals surface area contributed by atoms with Gasteiger partial charge in [0.15, 0.2) is 0 Å². The van der Waals surface area contributed by atoms with Gasteiger partial charge in [-0.15, -0.1) is 3.89 Å². The van der Waals surface area contributed by atoms with Gasteiger partial charge in [0.1, 0.15) is 10.7 Å². The summed E-state index contributed by atoms with van der Waals surface area (Å²) in [6, 6.07) is 2.63. The molecule has 0 radical (unpaired) electrons. The summed E-state index contributed by atoms with van der Waals surface area (Å²) in [7, 11) is -4.98. The average molecular weight is 193 g/mol. The van der Waals surface area contributed by atoms with Crippen LogP contribution in [-0.4, -0.2) is 8.42 Å². The van der Waals surface area contributed by atoms with Gasteiger partial charge in [0.2, 0.25) is 0 Å². The van der Waals surface area contributed by atoms with Gasteiger partial charge in [0, 0.05) is 5.69 Å². The molecule has 0 aliphatic carbocycles. The van der Waals surface area contributed by atoms with Crippen LogP contribution in [0.3, 0.4) is 0 Å². The number of halogens is 2. The molecule has 66 valence electrons. The second kappa shape index (κ2) is 2.71. The van der Waals surface area contributed by atoms with Gasteiger partial charge in [-0.25, -0.2) is 4.39 Å². The second-order valence-corrected chi connectivity index (χ2v) is 3.44. The summed E-state index contributed by atoms with van der Waals surface area (Å²) in [5.41, 5.74) is 5.16. The maximum Gasteiger partial charge on any atom is 0.335 e. The summed E-state index contributed by atoms with van der Waals surface area (Å²) in [5.74, 6) is -1.18. The lowest BCUT2D eigenvalue weighted by Crippen LogP contribution is -1.97. The average Bonchev–Trinajstić information content (AvgIpc) is 1.83. The largest absolute Gasteiger partial charge is 0.399 e. The Labute approximate surface area is 68.0 Å². The van der Waals surface area contributed by atoms with Crippen molar-refractivity contribution in [2.45, 2.75) is 4.90 Å². The molecule has 0 unspecified atom stereocenters. The molecule has 0 amide bonds. The van der Waals surface area contributed by atoms with E-state index >= 15 is 0 Å². The van der Waals surface area contributed by atoms with E-state index in [1.807, 2.05) is 0 Å². The molecule has 12 heavy (non-hydrogen) atoms. The number of benzene rings is 1. The number of nitrogens with two attached hydrogens (primary N) is 1. The number of hydrogen-bond acceptors (Lipinski definition) is 3. The Hall–Kier alpha value is -1.17. The normalized spacial score (nSPS) is 11.5. The first kappa shape index (κ1) is 8.92. The molecule has 2 N–H and O–H groups in total. The summed E-state index contributed by atoms with van der Waals surface area (Å²) >= 11 is 0. The van der Waals surface area contributed by atoms with Crippen LogP contribution in [-0.2, 0) is 10.2 Å². The van der Waals surface area contributed by atoms with Crippen molar-refractivity contribution in [1.29, 1.82) is 0 Å². The number of nitrogen functional groups attached to an aromatic ring is 1. The van der Waals surface area contributed by atoms with Crippen LogP contribution < -0.4 is 5.73 Å². The maximum atomic E-state index is 12.6. The summed E-state index contributed by atoms with van der Waals surface area (Å²) < 4.78 is 45.3. The van der Waals surface area contributed by atoms with Crippen LogP contribution in [0, 0.1) is 5.82 Å². The molecule has 1 aromatic rings. The minimum Gasteiger partial charge on any atom is -0.399 e. The summed E-state index contributed by atoms with van der Waals surface area (Å²) in [5, 5.41) is 0. The van der Waals surface area contributed by atoms with Crippen LogP contribution in [0.15, 0.2) is 23.1 Å². The first-order valence-corrected chi connectivity index (χ1v) is 4.29. The molecule has 0 fully saturated rings. The van der Waals surface area contributed by atoms with Gasteiger partial charge < -0.3 is 5.73 Å². The van der Waals surface area contributed by atoms with Crippen molar-refractivity contribution in [2.24, 2.45) is 0 Å². The van der Waals surface area contributed by atoms with E-state index in [2.05, 4.69) is 0 Å². The highest BCUT2D eigenvalue weighted by Crippen LogP contribution is 2.18. The molecule has 0 saturated carbocycles. The van der Waals surface area contributed by atoms with Crippen molar-refractivity contribution in [3.05, 3.63) is 24.0 Å². The minimum atomic E-state index is -4.98. The molecular weight excluding hydrogens is 188 g/mol. The molecule has 0 saturated heterocycles. The Morgan fingerprint density at radius 2 is 1.92 bits per heavy atom. The lowest BCUT2D eigenvalue weighted by Gasteiger charge is -1.97. The number of rotatable bonds is 1. The van der Waals surface area contributed by atoms with E-state index in [0.29, 0.717) is 0 Å². The van der Waals surface area contributed by atoms with E-state index in [4.69, 9.17) is 5.73 Å². The minimum absolute atomic E-state index is 0.0416. The van der Waals surface area contributed by atoms with Crippen molar-refractivity contribution in [3.8, 4) is 0 Å². The van der Waals surface area contributed by atoms with E-state index in [1.165, 1.54) is 0 Å². The summed E-state index contributed by atoms with van der Waals surface area (Å²) in [6.07, 6.45) is 0. The third kappa shape index (κ3) is 1.70. The zero-order valence-corrected chi connectivity index (χ0v) is 6.61.